The van der Waals surface area contributed by atoms with Gasteiger partial charge in [-0.05, 0) is 47.9 Å². The molecule has 1 N–H and O–H groups in total. The molecule has 4 rings (SSSR count). The molecule has 156 valence electrons. The van der Waals surface area contributed by atoms with E-state index in [1.165, 1.54) is 19.1 Å². The fraction of sp³-hybridized carbons (Fsp3) is 0.304. The molecule has 2 atom stereocenters. The highest BCUT2D eigenvalue weighted by Gasteiger charge is 2.44. The molecule has 2 aromatic rings. The minimum absolute atomic E-state index is 0.0346. The van der Waals surface area contributed by atoms with Crippen LogP contribution in [0.5, 0.6) is 0 Å². The molecule has 0 aromatic heterocycles. The molecular formula is C23H23ClFN3O2. The van der Waals surface area contributed by atoms with Crippen molar-refractivity contribution in [1.29, 1.82) is 0 Å². The summed E-state index contributed by atoms with van der Waals surface area (Å²) in [5.74, 6) is -0.461. The van der Waals surface area contributed by atoms with Crippen molar-refractivity contribution in [3.63, 3.8) is 0 Å². The molecule has 2 fully saturated rings. The van der Waals surface area contributed by atoms with E-state index in [9.17, 15) is 14.0 Å². The monoisotopic (exact) mass is 427 g/mol. The Hall–Kier alpha value is -2.70. The quantitative estimate of drug-likeness (QED) is 0.735. The Labute approximate surface area is 180 Å². The van der Waals surface area contributed by atoms with Gasteiger partial charge in [0.15, 0.2) is 0 Å². The van der Waals surface area contributed by atoms with Crippen molar-refractivity contribution in [2.24, 2.45) is 0 Å². The smallest absolute Gasteiger partial charge is 0.246 e. The first-order valence-corrected chi connectivity index (χ1v) is 10.3. The highest BCUT2D eigenvalue weighted by atomic mass is 35.5. The third-order valence-electron chi connectivity index (χ3n) is 5.67. The minimum Gasteiger partial charge on any atom is -0.333 e. The summed E-state index contributed by atoms with van der Waals surface area (Å²) in [5.41, 5.74) is 2.38. The van der Waals surface area contributed by atoms with Crippen molar-refractivity contribution in [2.75, 3.05) is 18.4 Å². The summed E-state index contributed by atoms with van der Waals surface area (Å²) < 4.78 is 13.1. The van der Waals surface area contributed by atoms with Crippen LogP contribution >= 0.6 is 11.6 Å². The molecule has 2 aromatic carbocycles. The highest BCUT2D eigenvalue weighted by Crippen LogP contribution is 2.32. The van der Waals surface area contributed by atoms with E-state index >= 15 is 0 Å². The van der Waals surface area contributed by atoms with E-state index in [1.54, 1.807) is 30.4 Å². The van der Waals surface area contributed by atoms with Gasteiger partial charge in [-0.3, -0.25) is 14.5 Å². The second kappa shape index (κ2) is 8.58. The van der Waals surface area contributed by atoms with Gasteiger partial charge >= 0.3 is 0 Å². The molecule has 2 aliphatic rings. The van der Waals surface area contributed by atoms with Crippen molar-refractivity contribution in [3.8, 4) is 0 Å². The molecule has 0 aliphatic carbocycles. The number of carbonyl (C=O) groups excluding carboxylic acids is 2. The first kappa shape index (κ1) is 20.6. The first-order valence-electron chi connectivity index (χ1n) is 9.93. The lowest BCUT2D eigenvalue weighted by atomic mass is 10.1. The predicted octanol–water partition coefficient (Wildman–Crippen LogP) is 3.94. The molecule has 2 saturated heterocycles. The van der Waals surface area contributed by atoms with Gasteiger partial charge in [-0.25, -0.2) is 4.39 Å². The van der Waals surface area contributed by atoms with Crippen molar-refractivity contribution in [1.82, 2.24) is 9.80 Å². The molecule has 30 heavy (non-hydrogen) atoms. The second-order valence-corrected chi connectivity index (χ2v) is 8.27. The van der Waals surface area contributed by atoms with Gasteiger partial charge < -0.3 is 10.2 Å². The number of fused-ring (bicyclic) bond motifs is 2. The maximum absolute atomic E-state index is 13.1. The maximum atomic E-state index is 13.1. The molecule has 0 spiro atoms. The van der Waals surface area contributed by atoms with Crippen LogP contribution in [0.4, 0.5) is 10.1 Å². The van der Waals surface area contributed by atoms with Gasteiger partial charge in [0.05, 0.1) is 0 Å². The number of amides is 2. The van der Waals surface area contributed by atoms with Gasteiger partial charge in [0.1, 0.15) is 5.82 Å². The van der Waals surface area contributed by atoms with Crippen molar-refractivity contribution in [3.05, 3.63) is 70.5 Å². The summed E-state index contributed by atoms with van der Waals surface area (Å²) in [6.07, 6.45) is 4.23. The SMILES string of the molecule is CC(=O)Nc1cc(Cl)ccc1/C=C/C(=O)N1C[C@H]2C[C@@H]1CN2Cc1ccc(F)cc1. The number of piperazine rings is 1. The zero-order valence-electron chi connectivity index (χ0n) is 16.6. The highest BCUT2D eigenvalue weighted by molar-refractivity contribution is 6.31. The Morgan fingerprint density at radius 2 is 1.93 bits per heavy atom. The van der Waals surface area contributed by atoms with Crippen LogP contribution in [-0.2, 0) is 16.1 Å². The van der Waals surface area contributed by atoms with Crippen molar-refractivity contribution < 1.29 is 14.0 Å². The number of nitrogens with one attached hydrogen (secondary N) is 1. The van der Waals surface area contributed by atoms with Crippen LogP contribution < -0.4 is 5.32 Å². The van der Waals surface area contributed by atoms with E-state index in [4.69, 9.17) is 11.6 Å². The molecule has 0 unspecified atom stereocenters. The molecule has 2 amide bonds. The van der Waals surface area contributed by atoms with Crippen LogP contribution in [0.2, 0.25) is 5.02 Å². The van der Waals surface area contributed by atoms with Crippen LogP contribution in [0.15, 0.2) is 48.5 Å². The molecule has 0 radical (unpaired) electrons. The summed E-state index contributed by atoms with van der Waals surface area (Å²) in [4.78, 5) is 28.5. The first-order chi connectivity index (χ1) is 14.4. The van der Waals surface area contributed by atoms with Crippen LogP contribution in [0, 0.1) is 5.82 Å². The van der Waals surface area contributed by atoms with E-state index in [0.29, 0.717) is 23.3 Å². The Kier molecular flexibility index (Phi) is 5.88. The molecule has 7 heteroatoms. The number of carbonyl (C=O) groups is 2. The molecule has 2 bridgehead atoms. The second-order valence-electron chi connectivity index (χ2n) is 7.84. The predicted molar refractivity (Wildman–Crippen MR) is 116 cm³/mol. The number of hydrogen-bond acceptors (Lipinski definition) is 3. The number of rotatable bonds is 5. The lowest BCUT2D eigenvalue weighted by Gasteiger charge is -2.33. The Balaban J connectivity index is 1.38. The molecular weight excluding hydrogens is 405 g/mol. The van der Waals surface area contributed by atoms with E-state index in [-0.39, 0.29) is 23.7 Å². The minimum atomic E-state index is -0.229. The number of likely N-dealkylation sites (tertiary alicyclic amines) is 2. The molecule has 2 heterocycles. The molecule has 5 nitrogen and oxygen atoms in total. The van der Waals surface area contributed by atoms with Crippen molar-refractivity contribution >= 4 is 35.2 Å². The number of anilines is 1. The van der Waals surface area contributed by atoms with Crippen molar-refractivity contribution in [2.45, 2.75) is 32.0 Å². The summed E-state index contributed by atoms with van der Waals surface area (Å²) in [6, 6.07) is 12.3. The fourth-order valence-corrected chi connectivity index (χ4v) is 4.44. The number of halogens is 2. The van der Waals surface area contributed by atoms with E-state index < -0.39 is 0 Å². The van der Waals surface area contributed by atoms with Crippen LogP contribution in [0.3, 0.4) is 0 Å². The Morgan fingerprint density at radius 3 is 2.60 bits per heavy atom. The van der Waals surface area contributed by atoms with E-state index in [0.717, 1.165) is 30.6 Å². The molecule has 2 aliphatic heterocycles. The summed E-state index contributed by atoms with van der Waals surface area (Å²) >= 11 is 6.01. The lowest BCUT2D eigenvalue weighted by molar-refractivity contribution is -0.128. The van der Waals surface area contributed by atoms with Crippen LogP contribution in [0.1, 0.15) is 24.5 Å². The maximum Gasteiger partial charge on any atom is 0.246 e. The van der Waals surface area contributed by atoms with Gasteiger partial charge in [0.2, 0.25) is 11.8 Å². The number of benzene rings is 2. The standard InChI is InChI=1S/C23H23ClFN3O2/c1-15(29)26-22-10-18(24)6-4-17(22)5-9-23(30)28-14-20-11-21(28)13-27(20)12-16-2-7-19(25)8-3-16/h2-10,20-21H,11-14H2,1H3,(H,26,29)/b9-5+/t20-,21-/m1/s1. The summed E-state index contributed by atoms with van der Waals surface area (Å²) in [7, 11) is 0. The Morgan fingerprint density at radius 1 is 1.17 bits per heavy atom. The van der Waals surface area contributed by atoms with E-state index in [2.05, 4.69) is 10.2 Å². The fourth-order valence-electron chi connectivity index (χ4n) is 4.27. The molecule has 0 saturated carbocycles. The van der Waals surface area contributed by atoms with Gasteiger partial charge in [-0.1, -0.05) is 29.8 Å². The summed E-state index contributed by atoms with van der Waals surface area (Å²) in [5, 5.41) is 3.25. The zero-order valence-corrected chi connectivity index (χ0v) is 17.4. The normalized spacial score (nSPS) is 20.8. The van der Waals surface area contributed by atoms with Crippen LogP contribution in [-0.4, -0.2) is 46.8 Å². The largest absolute Gasteiger partial charge is 0.333 e. The van der Waals surface area contributed by atoms with Gasteiger partial charge in [-0.2, -0.15) is 0 Å². The third kappa shape index (κ3) is 4.55. The Bertz CT molecular complexity index is 992. The average molecular weight is 428 g/mol. The average Bonchev–Trinajstić information content (AvgIpc) is 3.29. The van der Waals surface area contributed by atoms with Gasteiger partial charge in [-0.15, -0.1) is 0 Å². The number of hydrogen-bond donors (Lipinski definition) is 1. The summed E-state index contributed by atoms with van der Waals surface area (Å²) in [6.45, 7) is 3.70. The van der Waals surface area contributed by atoms with Gasteiger partial charge in [0.25, 0.3) is 0 Å². The topological polar surface area (TPSA) is 52.7 Å². The van der Waals surface area contributed by atoms with Crippen LogP contribution in [0.25, 0.3) is 6.08 Å². The zero-order chi connectivity index (χ0) is 21.3. The third-order valence-corrected chi connectivity index (χ3v) is 5.90. The van der Waals surface area contributed by atoms with E-state index in [1.807, 2.05) is 17.0 Å². The lowest BCUT2D eigenvalue weighted by Crippen LogP contribution is -2.47. The van der Waals surface area contributed by atoms with Gasteiger partial charge in [0, 0.05) is 55.4 Å². The number of nitrogens with zero attached hydrogens (tertiary/aromatic N) is 2.